The number of aliphatic imine (C=N–C) groups is 1. The zero-order valence-corrected chi connectivity index (χ0v) is 20.7. The van der Waals surface area contributed by atoms with E-state index in [-0.39, 0.29) is 24.1 Å². The Kier molecular flexibility index (Phi) is 8.64. The van der Waals surface area contributed by atoms with E-state index in [0.29, 0.717) is 23.0 Å². The highest BCUT2D eigenvalue weighted by molar-refractivity contribution is 9.10. The van der Waals surface area contributed by atoms with E-state index in [1.807, 2.05) is 59.8 Å². The topological polar surface area (TPSA) is 51.1 Å². The van der Waals surface area contributed by atoms with Gasteiger partial charge in [0.25, 0.3) is 5.91 Å². The number of carbonyl (C=O) groups excluding carboxylic acids is 1. The van der Waals surface area contributed by atoms with Crippen molar-refractivity contribution in [3.8, 4) is 11.5 Å². The average molecular weight is 483 g/mol. The van der Waals surface area contributed by atoms with Gasteiger partial charge in [-0.15, -0.1) is 0 Å². The first-order valence-electron chi connectivity index (χ1n) is 10.1. The molecule has 0 radical (unpaired) electrons. The molecule has 0 bridgehead atoms. The molecule has 2 rings (SSSR count). The number of amidine groups is 1. The molecule has 1 aromatic rings. The van der Waals surface area contributed by atoms with Crippen molar-refractivity contribution in [2.24, 2.45) is 4.99 Å². The molecule has 0 saturated carbocycles. The number of hydrogen-bond acceptors (Lipinski definition) is 5. The predicted octanol–water partition coefficient (Wildman–Crippen LogP) is 6.11. The Labute approximate surface area is 187 Å². The number of benzene rings is 1. The van der Waals surface area contributed by atoms with E-state index in [4.69, 9.17) is 9.47 Å². The van der Waals surface area contributed by atoms with Crippen LogP contribution >= 0.6 is 27.7 Å². The molecule has 1 aromatic carbocycles. The Bertz CT molecular complexity index is 805. The minimum atomic E-state index is -0.0154. The van der Waals surface area contributed by atoms with Crippen LogP contribution in [0.1, 0.15) is 60.5 Å². The zero-order valence-electron chi connectivity index (χ0n) is 18.3. The van der Waals surface area contributed by atoms with Gasteiger partial charge in [-0.2, -0.15) is 0 Å². The maximum absolute atomic E-state index is 13.0. The quantitative estimate of drug-likeness (QED) is 0.419. The van der Waals surface area contributed by atoms with Crippen LogP contribution in [0.4, 0.5) is 0 Å². The standard InChI is InChI=1S/C22H31BrN2O3S/c1-8-15(7)28-20-17(23)10-16(11-18(20)27-9-2)12-19-21(26)25(14(5)6)22(29-19)24-13(3)4/h10-15H,8-9H2,1-7H3/b19-12+,24-22?/t15-/m1/s1. The minimum Gasteiger partial charge on any atom is -0.490 e. The first kappa shape index (κ1) is 23.8. The summed E-state index contributed by atoms with van der Waals surface area (Å²) in [4.78, 5) is 20.0. The number of amides is 1. The molecule has 0 N–H and O–H groups in total. The van der Waals surface area contributed by atoms with Crippen LogP contribution in [0.3, 0.4) is 0 Å². The molecule has 0 unspecified atom stereocenters. The second-order valence-electron chi connectivity index (χ2n) is 7.48. The highest BCUT2D eigenvalue weighted by Crippen LogP contribution is 2.40. The smallest absolute Gasteiger partial charge is 0.266 e. The molecular weight excluding hydrogens is 452 g/mol. The number of hydrogen-bond donors (Lipinski definition) is 0. The normalized spacial score (nSPS) is 18.4. The third-order valence-corrected chi connectivity index (χ3v) is 5.83. The number of carbonyl (C=O) groups is 1. The lowest BCUT2D eigenvalue weighted by atomic mass is 10.1. The lowest BCUT2D eigenvalue weighted by Crippen LogP contribution is -2.35. The zero-order chi connectivity index (χ0) is 21.7. The van der Waals surface area contributed by atoms with Gasteiger partial charge in [0.2, 0.25) is 0 Å². The lowest BCUT2D eigenvalue weighted by Gasteiger charge is -2.20. The summed E-state index contributed by atoms with van der Waals surface area (Å²) in [5.74, 6) is 1.35. The Morgan fingerprint density at radius 3 is 2.45 bits per heavy atom. The third kappa shape index (κ3) is 6.01. The Morgan fingerprint density at radius 2 is 1.90 bits per heavy atom. The van der Waals surface area contributed by atoms with Gasteiger partial charge in [0.15, 0.2) is 16.7 Å². The van der Waals surface area contributed by atoms with E-state index in [1.165, 1.54) is 11.8 Å². The van der Waals surface area contributed by atoms with Gasteiger partial charge in [-0.25, -0.2) is 0 Å². The molecule has 1 atom stereocenters. The maximum atomic E-state index is 13.0. The highest BCUT2D eigenvalue weighted by atomic mass is 79.9. The van der Waals surface area contributed by atoms with Crippen LogP contribution in [0.5, 0.6) is 11.5 Å². The molecule has 160 valence electrons. The Balaban J connectivity index is 2.44. The summed E-state index contributed by atoms with van der Waals surface area (Å²) in [6, 6.07) is 4.06. The van der Waals surface area contributed by atoms with Crippen LogP contribution in [-0.4, -0.2) is 40.8 Å². The van der Waals surface area contributed by atoms with Crippen molar-refractivity contribution >= 4 is 44.8 Å². The summed E-state index contributed by atoms with van der Waals surface area (Å²) < 4.78 is 12.7. The second-order valence-corrected chi connectivity index (χ2v) is 9.35. The van der Waals surface area contributed by atoms with Crippen LogP contribution in [-0.2, 0) is 4.79 Å². The van der Waals surface area contributed by atoms with Gasteiger partial charge in [0, 0.05) is 12.1 Å². The van der Waals surface area contributed by atoms with Crippen molar-refractivity contribution in [3.63, 3.8) is 0 Å². The van der Waals surface area contributed by atoms with Crippen molar-refractivity contribution in [1.29, 1.82) is 0 Å². The SMILES string of the molecule is CCOc1cc(/C=C2/SC(=NC(C)C)N(C(C)C)C2=O)cc(Br)c1O[C@H](C)CC. The fourth-order valence-corrected chi connectivity index (χ4v) is 4.52. The van der Waals surface area contributed by atoms with Gasteiger partial charge in [0.05, 0.1) is 22.1 Å². The molecule has 1 aliphatic rings. The molecule has 1 saturated heterocycles. The molecule has 1 amide bonds. The van der Waals surface area contributed by atoms with E-state index in [9.17, 15) is 4.79 Å². The Morgan fingerprint density at radius 1 is 1.21 bits per heavy atom. The molecule has 29 heavy (non-hydrogen) atoms. The maximum Gasteiger partial charge on any atom is 0.266 e. The molecule has 1 aliphatic heterocycles. The van der Waals surface area contributed by atoms with Gasteiger partial charge in [0.1, 0.15) is 0 Å². The highest BCUT2D eigenvalue weighted by Gasteiger charge is 2.35. The fraction of sp³-hybridized carbons (Fsp3) is 0.545. The van der Waals surface area contributed by atoms with Crippen LogP contribution in [0.15, 0.2) is 26.5 Å². The van der Waals surface area contributed by atoms with Gasteiger partial charge < -0.3 is 9.47 Å². The summed E-state index contributed by atoms with van der Waals surface area (Å²) in [5, 5.41) is 0.757. The van der Waals surface area contributed by atoms with Gasteiger partial charge in [-0.05, 0) is 99.4 Å². The number of rotatable bonds is 8. The molecule has 0 aromatic heterocycles. The second kappa shape index (κ2) is 10.5. The van der Waals surface area contributed by atoms with E-state index in [1.54, 1.807) is 4.90 Å². The van der Waals surface area contributed by atoms with Crippen LogP contribution in [0, 0.1) is 0 Å². The number of ether oxygens (including phenoxy) is 2. The molecular formula is C22H31BrN2O3S. The van der Waals surface area contributed by atoms with Gasteiger partial charge in [-0.1, -0.05) is 6.92 Å². The van der Waals surface area contributed by atoms with Crippen molar-refractivity contribution in [2.45, 2.75) is 73.1 Å². The number of thioether (sulfide) groups is 1. The predicted molar refractivity (Wildman–Crippen MR) is 126 cm³/mol. The van der Waals surface area contributed by atoms with Crippen LogP contribution < -0.4 is 9.47 Å². The molecule has 1 fully saturated rings. The number of nitrogens with zero attached hydrogens (tertiary/aromatic N) is 2. The summed E-state index contributed by atoms with van der Waals surface area (Å²) in [6.45, 7) is 14.6. The van der Waals surface area contributed by atoms with Crippen LogP contribution in [0.25, 0.3) is 6.08 Å². The van der Waals surface area contributed by atoms with Gasteiger partial charge in [-0.3, -0.25) is 14.7 Å². The first-order valence-corrected chi connectivity index (χ1v) is 11.7. The van der Waals surface area contributed by atoms with E-state index < -0.39 is 0 Å². The Hall–Kier alpha value is -1.47. The van der Waals surface area contributed by atoms with E-state index in [2.05, 4.69) is 27.8 Å². The summed E-state index contributed by atoms with van der Waals surface area (Å²) in [7, 11) is 0. The molecule has 5 nitrogen and oxygen atoms in total. The molecule has 0 aliphatic carbocycles. The monoisotopic (exact) mass is 482 g/mol. The number of halogens is 1. The summed E-state index contributed by atoms with van der Waals surface area (Å²) in [5.41, 5.74) is 0.877. The summed E-state index contributed by atoms with van der Waals surface area (Å²) >= 11 is 5.03. The van der Waals surface area contributed by atoms with Gasteiger partial charge >= 0.3 is 0 Å². The van der Waals surface area contributed by atoms with E-state index >= 15 is 0 Å². The van der Waals surface area contributed by atoms with Crippen molar-refractivity contribution in [3.05, 3.63) is 27.1 Å². The van der Waals surface area contributed by atoms with Crippen LogP contribution in [0.2, 0.25) is 0 Å². The van der Waals surface area contributed by atoms with E-state index in [0.717, 1.165) is 21.6 Å². The fourth-order valence-electron chi connectivity index (χ4n) is 2.74. The lowest BCUT2D eigenvalue weighted by molar-refractivity contribution is -0.123. The average Bonchev–Trinajstić information content (AvgIpc) is 2.92. The summed E-state index contributed by atoms with van der Waals surface area (Å²) in [6.07, 6.45) is 2.87. The molecule has 7 heteroatoms. The van der Waals surface area contributed by atoms with Crippen molar-refractivity contribution < 1.29 is 14.3 Å². The minimum absolute atomic E-state index is 0.0154. The molecule has 1 heterocycles. The molecule has 0 spiro atoms. The largest absolute Gasteiger partial charge is 0.490 e. The third-order valence-electron chi connectivity index (χ3n) is 4.25. The van der Waals surface area contributed by atoms with Crippen molar-refractivity contribution in [2.75, 3.05) is 6.61 Å². The van der Waals surface area contributed by atoms with Crippen molar-refractivity contribution in [1.82, 2.24) is 4.90 Å². The first-order chi connectivity index (χ1) is 13.7.